The number of hydrogen-bond donors (Lipinski definition) is 0. The van der Waals surface area contributed by atoms with Crippen LogP contribution in [-0.2, 0) is 4.79 Å². The fraction of sp³-hybridized carbons (Fsp3) is 0.917. The van der Waals surface area contributed by atoms with Gasteiger partial charge in [-0.2, -0.15) is 0 Å². The molecular weight excluding hydrogens is 160 g/mol. The summed E-state index contributed by atoms with van der Waals surface area (Å²) in [7, 11) is 0. The average Bonchev–Trinajstić information content (AvgIpc) is 2.61. The summed E-state index contributed by atoms with van der Waals surface area (Å²) in [5, 5.41) is 0. The maximum atomic E-state index is 11.6. The standard InChI is InChI=1S/C12H20O/c13-12-8-4-3-7-11(12)9-10-5-1-2-6-10/h10-11H,1-9H2. The zero-order valence-electron chi connectivity index (χ0n) is 8.43. The highest BCUT2D eigenvalue weighted by Gasteiger charge is 2.26. The molecule has 1 nitrogen and oxygen atoms in total. The lowest BCUT2D eigenvalue weighted by atomic mass is 9.81. The Balaban J connectivity index is 1.81. The van der Waals surface area contributed by atoms with E-state index in [-0.39, 0.29) is 0 Å². The number of hydrogen-bond acceptors (Lipinski definition) is 1. The molecule has 0 amide bonds. The minimum atomic E-state index is 0.455. The Hall–Kier alpha value is -0.330. The van der Waals surface area contributed by atoms with Crippen molar-refractivity contribution in [2.24, 2.45) is 11.8 Å². The number of rotatable bonds is 2. The normalized spacial score (nSPS) is 31.1. The van der Waals surface area contributed by atoms with Crippen LogP contribution in [0.4, 0.5) is 0 Å². The molecule has 0 aliphatic heterocycles. The van der Waals surface area contributed by atoms with E-state index in [9.17, 15) is 4.79 Å². The summed E-state index contributed by atoms with van der Waals surface area (Å²) in [6, 6.07) is 0. The van der Waals surface area contributed by atoms with Gasteiger partial charge in [-0.1, -0.05) is 32.1 Å². The Labute approximate surface area is 80.9 Å². The molecule has 0 aromatic rings. The lowest BCUT2D eigenvalue weighted by Gasteiger charge is -2.23. The molecule has 74 valence electrons. The molecule has 0 saturated heterocycles. The summed E-state index contributed by atoms with van der Waals surface area (Å²) in [6.07, 6.45) is 11.3. The van der Waals surface area contributed by atoms with Gasteiger partial charge in [0.25, 0.3) is 0 Å². The van der Waals surface area contributed by atoms with Crippen molar-refractivity contribution in [1.29, 1.82) is 0 Å². The Morgan fingerprint density at radius 3 is 2.38 bits per heavy atom. The van der Waals surface area contributed by atoms with Gasteiger partial charge in [-0.25, -0.2) is 0 Å². The molecule has 0 N–H and O–H groups in total. The molecule has 0 aromatic heterocycles. The highest BCUT2D eigenvalue weighted by molar-refractivity contribution is 5.81. The second-order valence-electron chi connectivity index (χ2n) is 4.80. The van der Waals surface area contributed by atoms with Crippen LogP contribution in [0.1, 0.15) is 57.8 Å². The Bertz CT molecular complexity index is 180. The third-order valence-electron chi connectivity index (χ3n) is 3.77. The molecule has 2 aliphatic rings. The summed E-state index contributed by atoms with van der Waals surface area (Å²) >= 11 is 0. The number of carbonyl (C=O) groups is 1. The fourth-order valence-electron chi connectivity index (χ4n) is 2.95. The Kier molecular flexibility index (Phi) is 3.02. The third-order valence-corrected chi connectivity index (χ3v) is 3.77. The molecule has 1 atom stereocenters. The van der Waals surface area contributed by atoms with E-state index in [0.717, 1.165) is 18.8 Å². The number of ketones is 1. The SMILES string of the molecule is O=C1CCCCC1CC1CCCC1. The first-order chi connectivity index (χ1) is 6.36. The van der Waals surface area contributed by atoms with Gasteiger partial charge in [-0.3, -0.25) is 4.79 Å². The van der Waals surface area contributed by atoms with Crippen LogP contribution in [0, 0.1) is 11.8 Å². The van der Waals surface area contributed by atoms with Crippen LogP contribution < -0.4 is 0 Å². The maximum Gasteiger partial charge on any atom is 0.135 e. The first-order valence-corrected chi connectivity index (χ1v) is 5.89. The predicted octanol–water partition coefficient (Wildman–Crippen LogP) is 3.33. The molecule has 0 spiro atoms. The van der Waals surface area contributed by atoms with Crippen molar-refractivity contribution >= 4 is 5.78 Å². The van der Waals surface area contributed by atoms with E-state index in [1.54, 1.807) is 0 Å². The van der Waals surface area contributed by atoms with Gasteiger partial charge in [0.05, 0.1) is 0 Å². The minimum Gasteiger partial charge on any atom is -0.299 e. The summed E-state index contributed by atoms with van der Waals surface area (Å²) in [4.78, 5) is 11.6. The Morgan fingerprint density at radius 2 is 1.69 bits per heavy atom. The van der Waals surface area contributed by atoms with Gasteiger partial charge in [-0.15, -0.1) is 0 Å². The Morgan fingerprint density at radius 1 is 1.00 bits per heavy atom. The molecule has 2 rings (SSSR count). The highest BCUT2D eigenvalue weighted by atomic mass is 16.1. The monoisotopic (exact) mass is 180 g/mol. The quantitative estimate of drug-likeness (QED) is 0.637. The molecule has 0 radical (unpaired) electrons. The highest BCUT2D eigenvalue weighted by Crippen LogP contribution is 2.34. The molecule has 13 heavy (non-hydrogen) atoms. The zero-order valence-corrected chi connectivity index (χ0v) is 8.43. The topological polar surface area (TPSA) is 17.1 Å². The van der Waals surface area contributed by atoms with E-state index < -0.39 is 0 Å². The van der Waals surface area contributed by atoms with Crippen molar-refractivity contribution in [3.8, 4) is 0 Å². The molecule has 1 heteroatoms. The van der Waals surface area contributed by atoms with Crippen LogP contribution in [0.3, 0.4) is 0 Å². The van der Waals surface area contributed by atoms with Crippen LogP contribution in [0.5, 0.6) is 0 Å². The van der Waals surface area contributed by atoms with Gasteiger partial charge >= 0.3 is 0 Å². The summed E-state index contributed by atoms with van der Waals surface area (Å²) in [5.41, 5.74) is 0. The van der Waals surface area contributed by atoms with E-state index in [0.29, 0.717) is 11.7 Å². The number of Topliss-reactive ketones (excluding diaryl/α,β-unsaturated/α-hetero) is 1. The minimum absolute atomic E-state index is 0.455. The largest absolute Gasteiger partial charge is 0.299 e. The van der Waals surface area contributed by atoms with Gasteiger partial charge in [-0.05, 0) is 25.2 Å². The van der Waals surface area contributed by atoms with Crippen LogP contribution in [0.2, 0.25) is 0 Å². The van der Waals surface area contributed by atoms with E-state index >= 15 is 0 Å². The fourth-order valence-corrected chi connectivity index (χ4v) is 2.95. The van der Waals surface area contributed by atoms with E-state index in [4.69, 9.17) is 0 Å². The van der Waals surface area contributed by atoms with Crippen molar-refractivity contribution in [2.75, 3.05) is 0 Å². The second-order valence-corrected chi connectivity index (χ2v) is 4.80. The predicted molar refractivity (Wildman–Crippen MR) is 53.5 cm³/mol. The summed E-state index contributed by atoms with van der Waals surface area (Å²) < 4.78 is 0. The molecule has 0 aromatic carbocycles. The molecule has 0 bridgehead atoms. The first-order valence-electron chi connectivity index (χ1n) is 5.89. The molecule has 0 heterocycles. The lowest BCUT2D eigenvalue weighted by Crippen LogP contribution is -2.21. The van der Waals surface area contributed by atoms with Crippen LogP contribution in [0.15, 0.2) is 0 Å². The van der Waals surface area contributed by atoms with Crippen molar-refractivity contribution < 1.29 is 4.79 Å². The van der Waals surface area contributed by atoms with Gasteiger partial charge < -0.3 is 0 Å². The molecule has 1 unspecified atom stereocenters. The zero-order chi connectivity index (χ0) is 9.10. The van der Waals surface area contributed by atoms with Crippen molar-refractivity contribution in [2.45, 2.75) is 57.8 Å². The van der Waals surface area contributed by atoms with Crippen LogP contribution in [0.25, 0.3) is 0 Å². The molecule has 2 saturated carbocycles. The third kappa shape index (κ3) is 2.32. The van der Waals surface area contributed by atoms with Crippen molar-refractivity contribution in [3.05, 3.63) is 0 Å². The van der Waals surface area contributed by atoms with Gasteiger partial charge in [0.1, 0.15) is 5.78 Å². The van der Waals surface area contributed by atoms with Crippen molar-refractivity contribution in [3.63, 3.8) is 0 Å². The van der Waals surface area contributed by atoms with Gasteiger partial charge in [0.15, 0.2) is 0 Å². The first kappa shape index (κ1) is 9.23. The van der Waals surface area contributed by atoms with Gasteiger partial charge in [0, 0.05) is 12.3 Å². The molecule has 2 aliphatic carbocycles. The number of carbonyl (C=O) groups excluding carboxylic acids is 1. The van der Waals surface area contributed by atoms with E-state index in [2.05, 4.69) is 0 Å². The lowest BCUT2D eigenvalue weighted by molar-refractivity contribution is -0.125. The second kappa shape index (κ2) is 4.26. The average molecular weight is 180 g/mol. The van der Waals surface area contributed by atoms with Crippen LogP contribution >= 0.6 is 0 Å². The summed E-state index contributed by atoms with van der Waals surface area (Å²) in [6.45, 7) is 0. The maximum absolute atomic E-state index is 11.6. The van der Waals surface area contributed by atoms with E-state index in [1.807, 2.05) is 0 Å². The molecular formula is C12H20O. The smallest absolute Gasteiger partial charge is 0.135 e. The molecule has 2 fully saturated rings. The summed E-state index contributed by atoms with van der Waals surface area (Å²) in [5.74, 6) is 1.92. The van der Waals surface area contributed by atoms with E-state index in [1.165, 1.54) is 44.9 Å². The van der Waals surface area contributed by atoms with Crippen molar-refractivity contribution in [1.82, 2.24) is 0 Å². The van der Waals surface area contributed by atoms with Crippen LogP contribution in [-0.4, -0.2) is 5.78 Å². The van der Waals surface area contributed by atoms with Gasteiger partial charge in [0.2, 0.25) is 0 Å².